The normalized spacial score (nSPS) is 12.7. The van der Waals surface area contributed by atoms with Gasteiger partial charge >= 0.3 is 11.8 Å². The SMILES string of the molecule is Cc1ccc(-c2nnc(C(=O)Nc3ccc4c(c3)OCCO4)o2)cc1. The fourth-order valence-electron chi connectivity index (χ4n) is 2.43. The van der Waals surface area contributed by atoms with Gasteiger partial charge in [-0.3, -0.25) is 4.79 Å². The Bertz CT molecular complexity index is 918. The highest BCUT2D eigenvalue weighted by Gasteiger charge is 2.18. The first-order chi connectivity index (χ1) is 12.2. The number of hydrogen-bond acceptors (Lipinski definition) is 6. The molecule has 0 saturated carbocycles. The maximum Gasteiger partial charge on any atom is 0.313 e. The Balaban J connectivity index is 1.51. The van der Waals surface area contributed by atoms with Crippen molar-refractivity contribution in [1.29, 1.82) is 0 Å². The lowest BCUT2D eigenvalue weighted by molar-refractivity contribution is 0.0990. The molecule has 1 amide bonds. The Morgan fingerprint density at radius 2 is 1.76 bits per heavy atom. The molecule has 2 heterocycles. The van der Waals surface area contributed by atoms with Gasteiger partial charge in [0.2, 0.25) is 5.89 Å². The van der Waals surface area contributed by atoms with Crippen LogP contribution >= 0.6 is 0 Å². The highest BCUT2D eigenvalue weighted by Crippen LogP contribution is 2.32. The van der Waals surface area contributed by atoms with Crippen LogP contribution in [0.1, 0.15) is 16.2 Å². The summed E-state index contributed by atoms with van der Waals surface area (Å²) in [5.41, 5.74) is 2.45. The third kappa shape index (κ3) is 3.16. The summed E-state index contributed by atoms with van der Waals surface area (Å²) in [6.07, 6.45) is 0. The summed E-state index contributed by atoms with van der Waals surface area (Å²) in [5, 5.41) is 10.5. The van der Waals surface area contributed by atoms with Crippen LogP contribution in [-0.4, -0.2) is 29.3 Å². The number of amides is 1. The van der Waals surface area contributed by atoms with Gasteiger partial charge in [-0.1, -0.05) is 17.7 Å². The van der Waals surface area contributed by atoms with Gasteiger partial charge in [-0.25, -0.2) is 0 Å². The van der Waals surface area contributed by atoms with Crippen LogP contribution in [0.3, 0.4) is 0 Å². The molecule has 1 aliphatic rings. The van der Waals surface area contributed by atoms with Gasteiger partial charge < -0.3 is 19.2 Å². The molecule has 0 saturated heterocycles. The molecule has 126 valence electrons. The number of ether oxygens (including phenoxy) is 2. The fraction of sp³-hybridized carbons (Fsp3) is 0.167. The summed E-state index contributed by atoms with van der Waals surface area (Å²) < 4.78 is 16.4. The van der Waals surface area contributed by atoms with Crippen LogP contribution in [0.2, 0.25) is 0 Å². The standard InChI is InChI=1S/C18H15N3O4/c1-11-2-4-12(5-3-11)17-20-21-18(25-17)16(22)19-13-6-7-14-15(10-13)24-9-8-23-14/h2-7,10H,8-9H2,1H3,(H,19,22). The molecular weight excluding hydrogens is 322 g/mol. The zero-order valence-electron chi connectivity index (χ0n) is 13.5. The number of fused-ring (bicyclic) bond motifs is 1. The van der Waals surface area contributed by atoms with E-state index < -0.39 is 5.91 Å². The molecule has 2 aromatic carbocycles. The van der Waals surface area contributed by atoms with Gasteiger partial charge in [0, 0.05) is 17.3 Å². The summed E-state index contributed by atoms with van der Waals surface area (Å²) in [6, 6.07) is 12.8. The minimum Gasteiger partial charge on any atom is -0.486 e. The van der Waals surface area contributed by atoms with Crippen molar-refractivity contribution >= 4 is 11.6 Å². The van der Waals surface area contributed by atoms with Gasteiger partial charge in [-0.15, -0.1) is 10.2 Å². The third-order valence-corrected chi connectivity index (χ3v) is 3.72. The molecule has 1 aromatic heterocycles. The van der Waals surface area contributed by atoms with E-state index in [-0.39, 0.29) is 5.89 Å². The predicted molar refractivity (Wildman–Crippen MR) is 89.9 cm³/mol. The van der Waals surface area contributed by atoms with Crippen LogP contribution in [0, 0.1) is 6.92 Å². The van der Waals surface area contributed by atoms with Gasteiger partial charge in [0.05, 0.1) is 0 Å². The molecule has 4 rings (SSSR count). The Morgan fingerprint density at radius 1 is 1.00 bits per heavy atom. The topological polar surface area (TPSA) is 86.5 Å². The van der Waals surface area contributed by atoms with Crippen molar-refractivity contribution in [3.63, 3.8) is 0 Å². The van der Waals surface area contributed by atoms with Crippen molar-refractivity contribution in [2.24, 2.45) is 0 Å². The average molecular weight is 337 g/mol. The van der Waals surface area contributed by atoms with E-state index in [2.05, 4.69) is 15.5 Å². The molecule has 0 fully saturated rings. The van der Waals surface area contributed by atoms with Gasteiger partial charge in [-0.05, 0) is 31.2 Å². The second kappa shape index (κ2) is 6.27. The monoisotopic (exact) mass is 337 g/mol. The molecule has 0 spiro atoms. The largest absolute Gasteiger partial charge is 0.486 e. The van der Waals surface area contributed by atoms with Crippen LogP contribution in [0.15, 0.2) is 46.9 Å². The molecule has 0 aliphatic carbocycles. The Kier molecular flexibility index (Phi) is 3.81. The number of rotatable bonds is 3. The minimum absolute atomic E-state index is 0.106. The molecule has 0 unspecified atom stereocenters. The Morgan fingerprint density at radius 3 is 2.56 bits per heavy atom. The zero-order valence-corrected chi connectivity index (χ0v) is 13.5. The smallest absolute Gasteiger partial charge is 0.313 e. The van der Waals surface area contributed by atoms with Gasteiger partial charge in [0.25, 0.3) is 0 Å². The molecule has 7 heteroatoms. The summed E-state index contributed by atoms with van der Waals surface area (Å²) in [4.78, 5) is 12.3. The van der Waals surface area contributed by atoms with Gasteiger partial charge in [0.15, 0.2) is 11.5 Å². The van der Waals surface area contributed by atoms with Gasteiger partial charge in [0.1, 0.15) is 13.2 Å². The molecular formula is C18H15N3O4. The molecule has 1 aliphatic heterocycles. The van der Waals surface area contributed by atoms with Crippen molar-refractivity contribution in [3.8, 4) is 23.0 Å². The number of aromatic nitrogens is 2. The van der Waals surface area contributed by atoms with Crippen molar-refractivity contribution in [2.45, 2.75) is 6.92 Å². The lowest BCUT2D eigenvalue weighted by Crippen LogP contribution is -2.16. The predicted octanol–water partition coefficient (Wildman–Crippen LogP) is 3.07. The number of anilines is 1. The molecule has 7 nitrogen and oxygen atoms in total. The number of carbonyl (C=O) groups excluding carboxylic acids is 1. The fourth-order valence-corrected chi connectivity index (χ4v) is 2.43. The Labute approximate surface area is 143 Å². The number of aryl methyl sites for hydroxylation is 1. The van der Waals surface area contributed by atoms with E-state index in [4.69, 9.17) is 13.9 Å². The maximum absolute atomic E-state index is 12.3. The lowest BCUT2D eigenvalue weighted by atomic mass is 10.1. The van der Waals surface area contributed by atoms with E-state index >= 15 is 0 Å². The van der Waals surface area contributed by atoms with Crippen LogP contribution in [-0.2, 0) is 0 Å². The van der Waals surface area contributed by atoms with E-state index in [1.54, 1.807) is 18.2 Å². The number of benzene rings is 2. The van der Waals surface area contributed by atoms with E-state index in [9.17, 15) is 4.79 Å². The van der Waals surface area contributed by atoms with Crippen molar-refractivity contribution in [2.75, 3.05) is 18.5 Å². The van der Waals surface area contributed by atoms with Crippen LogP contribution in [0.5, 0.6) is 11.5 Å². The third-order valence-electron chi connectivity index (χ3n) is 3.72. The van der Waals surface area contributed by atoms with Crippen molar-refractivity contribution in [3.05, 3.63) is 53.9 Å². The molecule has 0 atom stereocenters. The summed E-state index contributed by atoms with van der Waals surface area (Å²) >= 11 is 0. The summed E-state index contributed by atoms with van der Waals surface area (Å²) in [7, 11) is 0. The van der Waals surface area contributed by atoms with Gasteiger partial charge in [-0.2, -0.15) is 0 Å². The Hall–Kier alpha value is -3.35. The zero-order chi connectivity index (χ0) is 17.2. The first kappa shape index (κ1) is 15.2. The first-order valence-electron chi connectivity index (χ1n) is 7.80. The highest BCUT2D eigenvalue weighted by atomic mass is 16.6. The summed E-state index contributed by atoms with van der Waals surface area (Å²) in [5.74, 6) is 0.957. The molecule has 0 bridgehead atoms. The number of nitrogens with one attached hydrogen (secondary N) is 1. The van der Waals surface area contributed by atoms with E-state index in [0.717, 1.165) is 11.1 Å². The minimum atomic E-state index is -0.484. The molecule has 0 radical (unpaired) electrons. The molecule has 3 aromatic rings. The second-order valence-corrected chi connectivity index (χ2v) is 5.59. The van der Waals surface area contributed by atoms with Crippen molar-refractivity contribution < 1.29 is 18.7 Å². The summed E-state index contributed by atoms with van der Waals surface area (Å²) in [6.45, 7) is 2.99. The average Bonchev–Trinajstić information content (AvgIpc) is 3.12. The second-order valence-electron chi connectivity index (χ2n) is 5.59. The van der Waals surface area contributed by atoms with E-state index in [1.807, 2.05) is 31.2 Å². The highest BCUT2D eigenvalue weighted by molar-refractivity contribution is 6.01. The van der Waals surface area contributed by atoms with E-state index in [1.165, 1.54) is 0 Å². The molecule has 1 N–H and O–H groups in total. The van der Waals surface area contributed by atoms with E-state index in [0.29, 0.717) is 36.3 Å². The first-order valence-corrected chi connectivity index (χ1v) is 7.80. The number of carbonyl (C=O) groups is 1. The van der Waals surface area contributed by atoms with Crippen LogP contribution in [0.4, 0.5) is 5.69 Å². The lowest BCUT2D eigenvalue weighted by Gasteiger charge is -2.18. The number of hydrogen-bond donors (Lipinski definition) is 1. The van der Waals surface area contributed by atoms with Crippen LogP contribution in [0.25, 0.3) is 11.5 Å². The molecule has 25 heavy (non-hydrogen) atoms. The van der Waals surface area contributed by atoms with Crippen LogP contribution < -0.4 is 14.8 Å². The van der Waals surface area contributed by atoms with Crippen molar-refractivity contribution in [1.82, 2.24) is 10.2 Å². The quantitative estimate of drug-likeness (QED) is 0.790. The number of nitrogens with zero attached hydrogens (tertiary/aromatic N) is 2. The maximum atomic E-state index is 12.3.